The number of nitrogens with zero attached hydrogens (tertiary/aromatic N) is 2. The smallest absolute Gasteiger partial charge is 0.325 e. The lowest BCUT2D eigenvalue weighted by Crippen LogP contribution is -2.43. The fourth-order valence-corrected chi connectivity index (χ4v) is 3.24. The van der Waals surface area contributed by atoms with Gasteiger partial charge in [-0.05, 0) is 46.0 Å². The summed E-state index contributed by atoms with van der Waals surface area (Å²) in [5.41, 5.74) is 5.06. The van der Waals surface area contributed by atoms with Crippen LogP contribution >= 0.6 is 0 Å². The lowest BCUT2D eigenvalue weighted by atomic mass is 9.91. The zero-order valence-corrected chi connectivity index (χ0v) is 14.3. The lowest BCUT2D eigenvalue weighted by Gasteiger charge is -2.33. The van der Waals surface area contributed by atoms with Gasteiger partial charge in [0.2, 0.25) is 5.91 Å². The van der Waals surface area contributed by atoms with Crippen LogP contribution in [0.25, 0.3) is 0 Å². The van der Waals surface area contributed by atoms with Gasteiger partial charge in [0.15, 0.2) is 0 Å². The number of urea groups is 1. The fourth-order valence-electron chi connectivity index (χ4n) is 3.24. The molecule has 0 aliphatic carbocycles. The summed E-state index contributed by atoms with van der Waals surface area (Å²) in [5.74, 6) is 0.360. The van der Waals surface area contributed by atoms with Crippen molar-refractivity contribution >= 4 is 17.8 Å². The van der Waals surface area contributed by atoms with Crippen molar-refractivity contribution in [3.63, 3.8) is 0 Å². The molecule has 1 atom stereocenters. The summed E-state index contributed by atoms with van der Waals surface area (Å²) in [7, 11) is 0. The summed E-state index contributed by atoms with van der Waals surface area (Å²) in [4.78, 5) is 39.1. The number of likely N-dealkylation sites (tertiary alicyclic amines) is 1. The molecule has 130 valence electrons. The lowest BCUT2D eigenvalue weighted by molar-refractivity contribution is -0.134. The molecule has 2 aliphatic heterocycles. The quantitative estimate of drug-likeness (QED) is 0.727. The van der Waals surface area contributed by atoms with Gasteiger partial charge in [-0.2, -0.15) is 0 Å². The summed E-state index contributed by atoms with van der Waals surface area (Å²) in [6.45, 7) is 7.17. The Kier molecular flexibility index (Phi) is 5.29. The van der Waals surface area contributed by atoms with E-state index in [1.807, 2.05) is 11.8 Å². The van der Waals surface area contributed by atoms with E-state index in [0.29, 0.717) is 18.8 Å². The molecule has 1 unspecified atom stereocenters. The van der Waals surface area contributed by atoms with Gasteiger partial charge in [0, 0.05) is 32.1 Å². The number of hydrogen-bond donors (Lipinski definition) is 2. The van der Waals surface area contributed by atoms with Crippen LogP contribution in [0.15, 0.2) is 0 Å². The van der Waals surface area contributed by atoms with Crippen molar-refractivity contribution in [2.24, 2.45) is 11.7 Å². The zero-order chi connectivity index (χ0) is 17.2. The molecule has 4 amide bonds. The average Bonchev–Trinajstić information content (AvgIpc) is 2.68. The van der Waals surface area contributed by atoms with Crippen LogP contribution in [0.4, 0.5) is 4.79 Å². The molecule has 0 bridgehead atoms. The van der Waals surface area contributed by atoms with Crippen molar-refractivity contribution in [3.05, 3.63) is 0 Å². The van der Waals surface area contributed by atoms with Crippen molar-refractivity contribution in [2.75, 3.05) is 19.6 Å². The second kappa shape index (κ2) is 6.86. The summed E-state index contributed by atoms with van der Waals surface area (Å²) < 4.78 is 0. The van der Waals surface area contributed by atoms with Gasteiger partial charge < -0.3 is 16.0 Å². The molecule has 0 saturated carbocycles. The first-order valence-electron chi connectivity index (χ1n) is 8.40. The highest BCUT2D eigenvalue weighted by atomic mass is 16.2. The summed E-state index contributed by atoms with van der Waals surface area (Å²) in [5, 5.41) is 2.64. The van der Waals surface area contributed by atoms with Crippen LogP contribution in [0, 0.1) is 5.92 Å². The largest absolute Gasteiger partial charge is 0.343 e. The minimum Gasteiger partial charge on any atom is -0.343 e. The predicted molar refractivity (Wildman–Crippen MR) is 86.5 cm³/mol. The Morgan fingerprint density at radius 2 is 1.96 bits per heavy atom. The molecule has 0 aromatic heterocycles. The maximum absolute atomic E-state index is 12.2. The Morgan fingerprint density at radius 1 is 1.35 bits per heavy atom. The molecule has 0 radical (unpaired) electrons. The van der Waals surface area contributed by atoms with Crippen molar-refractivity contribution < 1.29 is 14.4 Å². The third-order valence-electron chi connectivity index (χ3n) is 4.85. The van der Waals surface area contributed by atoms with Gasteiger partial charge in [-0.3, -0.25) is 14.5 Å². The van der Waals surface area contributed by atoms with E-state index in [1.54, 1.807) is 13.8 Å². The molecule has 2 heterocycles. The molecule has 2 fully saturated rings. The number of rotatable bonds is 5. The van der Waals surface area contributed by atoms with E-state index in [0.717, 1.165) is 25.9 Å². The Bertz CT molecular complexity index is 482. The van der Waals surface area contributed by atoms with Crippen LogP contribution < -0.4 is 11.1 Å². The molecular formula is C16H28N4O3. The van der Waals surface area contributed by atoms with Crippen LogP contribution in [-0.4, -0.2) is 58.9 Å². The number of amides is 4. The number of nitrogens with one attached hydrogen (secondary N) is 1. The van der Waals surface area contributed by atoms with E-state index in [1.165, 1.54) is 4.90 Å². The van der Waals surface area contributed by atoms with Crippen LogP contribution in [0.3, 0.4) is 0 Å². The highest BCUT2D eigenvalue weighted by Gasteiger charge is 2.43. The summed E-state index contributed by atoms with van der Waals surface area (Å²) >= 11 is 0. The number of nitrogens with two attached hydrogens (primary N) is 1. The molecular weight excluding hydrogens is 296 g/mol. The van der Waals surface area contributed by atoms with E-state index >= 15 is 0 Å². The second-order valence-corrected chi connectivity index (χ2v) is 7.19. The molecule has 0 aromatic rings. The SMILES string of the molecule is CC(N)C1CCN(C(=O)CCCN2C(=O)NC(C)(C)C2=O)CC1. The fraction of sp³-hybridized carbons (Fsp3) is 0.812. The van der Waals surface area contributed by atoms with Gasteiger partial charge in [0.25, 0.3) is 5.91 Å². The van der Waals surface area contributed by atoms with E-state index < -0.39 is 5.54 Å². The molecule has 3 N–H and O–H groups in total. The molecule has 7 nitrogen and oxygen atoms in total. The number of carbonyl (C=O) groups is 3. The summed E-state index contributed by atoms with van der Waals surface area (Å²) in [6, 6.07) is -0.194. The first-order chi connectivity index (χ1) is 10.7. The monoisotopic (exact) mass is 324 g/mol. The molecule has 23 heavy (non-hydrogen) atoms. The van der Waals surface area contributed by atoms with Crippen LogP contribution in [0.2, 0.25) is 0 Å². The van der Waals surface area contributed by atoms with Crippen molar-refractivity contribution in [2.45, 2.75) is 58.0 Å². The third-order valence-corrected chi connectivity index (χ3v) is 4.85. The van der Waals surface area contributed by atoms with Crippen molar-refractivity contribution in [1.82, 2.24) is 15.1 Å². The maximum atomic E-state index is 12.2. The molecule has 2 aliphatic rings. The van der Waals surface area contributed by atoms with E-state index in [2.05, 4.69) is 5.32 Å². The molecule has 2 rings (SSSR count). The van der Waals surface area contributed by atoms with Crippen LogP contribution in [-0.2, 0) is 9.59 Å². The third kappa shape index (κ3) is 4.02. The first-order valence-corrected chi connectivity index (χ1v) is 8.40. The normalized spacial score (nSPS) is 23.1. The number of carbonyl (C=O) groups excluding carboxylic acids is 3. The predicted octanol–water partition coefficient (Wildman–Crippen LogP) is 0.683. The Labute approximate surface area is 137 Å². The van der Waals surface area contributed by atoms with Crippen molar-refractivity contribution in [1.29, 1.82) is 0 Å². The van der Waals surface area contributed by atoms with Gasteiger partial charge in [0.05, 0.1) is 0 Å². The highest BCUT2D eigenvalue weighted by molar-refractivity contribution is 6.06. The van der Waals surface area contributed by atoms with Crippen LogP contribution in [0.5, 0.6) is 0 Å². The van der Waals surface area contributed by atoms with Crippen LogP contribution in [0.1, 0.15) is 46.5 Å². The molecule has 0 spiro atoms. The van der Waals surface area contributed by atoms with E-state index in [9.17, 15) is 14.4 Å². The van der Waals surface area contributed by atoms with Crippen molar-refractivity contribution in [3.8, 4) is 0 Å². The highest BCUT2D eigenvalue weighted by Crippen LogP contribution is 2.21. The molecule has 7 heteroatoms. The zero-order valence-electron chi connectivity index (χ0n) is 14.3. The van der Waals surface area contributed by atoms with E-state index in [4.69, 9.17) is 5.73 Å². The number of piperidine rings is 1. The minimum atomic E-state index is -0.845. The Balaban J connectivity index is 1.74. The molecule has 0 aromatic carbocycles. The molecule has 2 saturated heterocycles. The maximum Gasteiger partial charge on any atom is 0.325 e. The van der Waals surface area contributed by atoms with Gasteiger partial charge in [-0.15, -0.1) is 0 Å². The van der Waals surface area contributed by atoms with Gasteiger partial charge >= 0.3 is 6.03 Å². The number of hydrogen-bond acceptors (Lipinski definition) is 4. The van der Waals surface area contributed by atoms with Gasteiger partial charge in [-0.1, -0.05) is 0 Å². The second-order valence-electron chi connectivity index (χ2n) is 7.19. The Hall–Kier alpha value is -1.63. The minimum absolute atomic E-state index is 0.0967. The average molecular weight is 324 g/mol. The summed E-state index contributed by atoms with van der Waals surface area (Å²) in [6.07, 6.45) is 2.76. The van der Waals surface area contributed by atoms with Gasteiger partial charge in [0.1, 0.15) is 5.54 Å². The Morgan fingerprint density at radius 3 is 2.43 bits per heavy atom. The topological polar surface area (TPSA) is 95.7 Å². The first kappa shape index (κ1) is 17.7. The number of imide groups is 1. The van der Waals surface area contributed by atoms with Gasteiger partial charge in [-0.25, -0.2) is 4.79 Å². The van der Waals surface area contributed by atoms with E-state index in [-0.39, 0.29) is 30.4 Å². The standard InChI is InChI=1S/C16H28N4O3/c1-11(17)12-6-9-19(10-7-12)13(21)5-4-8-20-14(22)16(2,3)18-15(20)23/h11-12H,4-10,17H2,1-3H3,(H,18,23).